The van der Waals surface area contributed by atoms with Crippen molar-refractivity contribution in [1.82, 2.24) is 4.90 Å². The Hall–Kier alpha value is -1.32. The Morgan fingerprint density at radius 3 is 2.50 bits per heavy atom. The van der Waals surface area contributed by atoms with Crippen LogP contribution < -0.4 is 0 Å². The van der Waals surface area contributed by atoms with E-state index >= 15 is 0 Å². The minimum atomic E-state index is -0.551. The van der Waals surface area contributed by atoms with Crippen LogP contribution in [0.4, 0.5) is 0 Å². The predicted octanol–water partition coefficient (Wildman–Crippen LogP) is 0.972. The second kappa shape index (κ2) is 6.18. The van der Waals surface area contributed by atoms with Crippen LogP contribution in [0, 0.1) is 0 Å². The summed E-state index contributed by atoms with van der Waals surface area (Å²) in [5.41, 5.74) is 0. The highest BCUT2D eigenvalue weighted by Gasteiger charge is 2.23. The second-order valence-corrected chi connectivity index (χ2v) is 2.93. The van der Waals surface area contributed by atoms with Gasteiger partial charge in [0.15, 0.2) is 0 Å². The minimum Gasteiger partial charge on any atom is -0.467 e. The van der Waals surface area contributed by atoms with Crippen molar-refractivity contribution in [3.8, 4) is 0 Å². The number of rotatable bonds is 5. The largest absolute Gasteiger partial charge is 0.467 e. The Labute approximate surface area is 84.5 Å². The third-order valence-electron chi connectivity index (χ3n) is 1.93. The van der Waals surface area contributed by atoms with Crippen LogP contribution in [-0.4, -0.2) is 36.5 Å². The quantitative estimate of drug-likeness (QED) is 0.489. The summed E-state index contributed by atoms with van der Waals surface area (Å²) >= 11 is 0. The summed E-state index contributed by atoms with van der Waals surface area (Å²) in [6.07, 6.45) is 2.00. The van der Waals surface area contributed by atoms with E-state index in [0.29, 0.717) is 6.54 Å². The first-order valence-electron chi connectivity index (χ1n) is 4.59. The van der Waals surface area contributed by atoms with Gasteiger partial charge in [-0.2, -0.15) is 0 Å². The summed E-state index contributed by atoms with van der Waals surface area (Å²) < 4.78 is 4.57. The third kappa shape index (κ3) is 3.20. The van der Waals surface area contributed by atoms with Gasteiger partial charge in [0, 0.05) is 6.54 Å². The van der Waals surface area contributed by atoms with Crippen LogP contribution in [-0.2, 0) is 14.3 Å². The molecule has 0 aromatic carbocycles. The molecule has 0 heterocycles. The van der Waals surface area contributed by atoms with Crippen LogP contribution in [0.25, 0.3) is 0 Å². The Bertz CT molecular complexity index is 225. The molecular weight excluding hydrogens is 182 g/mol. The molecule has 0 aliphatic carbocycles. The zero-order valence-electron chi connectivity index (χ0n) is 8.95. The van der Waals surface area contributed by atoms with Gasteiger partial charge in [-0.15, -0.1) is 0 Å². The van der Waals surface area contributed by atoms with Crippen molar-refractivity contribution >= 4 is 11.9 Å². The molecule has 0 saturated carbocycles. The molecule has 0 rings (SSSR count). The fraction of sp³-hybridized carbons (Fsp3) is 0.600. The van der Waals surface area contributed by atoms with Gasteiger partial charge in [0.05, 0.1) is 7.11 Å². The monoisotopic (exact) mass is 199 g/mol. The zero-order chi connectivity index (χ0) is 11.1. The number of hydrogen-bond donors (Lipinski definition) is 0. The van der Waals surface area contributed by atoms with Gasteiger partial charge in [0.1, 0.15) is 6.04 Å². The summed E-state index contributed by atoms with van der Waals surface area (Å²) in [5.74, 6) is -0.654. The number of hydrogen-bond acceptors (Lipinski definition) is 3. The number of ether oxygens (including phenoxy) is 1. The smallest absolute Gasteiger partial charge is 0.328 e. The average molecular weight is 199 g/mol. The Morgan fingerprint density at radius 2 is 2.14 bits per heavy atom. The van der Waals surface area contributed by atoms with E-state index in [9.17, 15) is 9.59 Å². The summed E-state index contributed by atoms with van der Waals surface area (Å²) in [6, 6.07) is -0.551. The SMILES string of the molecule is C=CC(=O)N(CCC)C(C)C(=O)OC. The molecule has 14 heavy (non-hydrogen) atoms. The van der Waals surface area contributed by atoms with Crippen molar-refractivity contribution in [1.29, 1.82) is 0 Å². The van der Waals surface area contributed by atoms with Crippen LogP contribution >= 0.6 is 0 Å². The van der Waals surface area contributed by atoms with Gasteiger partial charge in [-0.1, -0.05) is 13.5 Å². The molecule has 0 spiro atoms. The van der Waals surface area contributed by atoms with Gasteiger partial charge in [-0.25, -0.2) is 4.79 Å². The predicted molar refractivity (Wildman–Crippen MR) is 53.7 cm³/mol. The molecule has 0 aliphatic heterocycles. The highest BCUT2D eigenvalue weighted by molar-refractivity contribution is 5.90. The summed E-state index contributed by atoms with van der Waals surface area (Å²) in [7, 11) is 1.31. The lowest BCUT2D eigenvalue weighted by Crippen LogP contribution is -2.43. The average Bonchev–Trinajstić information content (AvgIpc) is 2.22. The molecule has 1 atom stereocenters. The van der Waals surface area contributed by atoms with Crippen molar-refractivity contribution in [3.05, 3.63) is 12.7 Å². The molecule has 0 bridgehead atoms. The lowest BCUT2D eigenvalue weighted by molar-refractivity contribution is -0.150. The molecule has 4 heteroatoms. The van der Waals surface area contributed by atoms with Crippen LogP contribution in [0.1, 0.15) is 20.3 Å². The van der Waals surface area contributed by atoms with Gasteiger partial charge in [-0.05, 0) is 19.4 Å². The number of nitrogens with zero attached hydrogens (tertiary/aromatic N) is 1. The van der Waals surface area contributed by atoms with Gasteiger partial charge >= 0.3 is 5.97 Å². The highest BCUT2D eigenvalue weighted by atomic mass is 16.5. The molecule has 4 nitrogen and oxygen atoms in total. The number of methoxy groups -OCH3 is 1. The highest BCUT2D eigenvalue weighted by Crippen LogP contribution is 2.03. The lowest BCUT2D eigenvalue weighted by atomic mass is 10.2. The molecule has 0 saturated heterocycles. The molecule has 0 radical (unpaired) electrons. The third-order valence-corrected chi connectivity index (χ3v) is 1.93. The molecule has 0 aliphatic rings. The molecule has 1 unspecified atom stereocenters. The van der Waals surface area contributed by atoms with E-state index in [0.717, 1.165) is 6.42 Å². The fourth-order valence-corrected chi connectivity index (χ4v) is 1.15. The molecular formula is C10H17NO3. The maximum absolute atomic E-state index is 11.4. The van der Waals surface area contributed by atoms with Crippen LogP contribution in [0.15, 0.2) is 12.7 Å². The molecule has 0 aromatic heterocycles. The summed E-state index contributed by atoms with van der Waals surface area (Å²) in [5, 5.41) is 0. The fourth-order valence-electron chi connectivity index (χ4n) is 1.15. The normalized spacial score (nSPS) is 11.6. The first-order chi connectivity index (χ1) is 6.58. The Kier molecular flexibility index (Phi) is 5.60. The van der Waals surface area contributed by atoms with E-state index in [1.54, 1.807) is 6.92 Å². The summed E-state index contributed by atoms with van der Waals surface area (Å²) in [4.78, 5) is 24.0. The van der Waals surface area contributed by atoms with Crippen LogP contribution in [0.5, 0.6) is 0 Å². The molecule has 0 N–H and O–H groups in total. The lowest BCUT2D eigenvalue weighted by Gasteiger charge is -2.25. The first-order valence-corrected chi connectivity index (χ1v) is 4.59. The second-order valence-electron chi connectivity index (χ2n) is 2.93. The van der Waals surface area contributed by atoms with Gasteiger partial charge in [0.2, 0.25) is 5.91 Å². The number of esters is 1. The maximum atomic E-state index is 11.4. The Balaban J connectivity index is 4.55. The van der Waals surface area contributed by atoms with Crippen LogP contribution in [0.2, 0.25) is 0 Å². The van der Waals surface area contributed by atoms with Gasteiger partial charge in [0.25, 0.3) is 0 Å². The molecule has 0 aromatic rings. The number of amides is 1. The van der Waals surface area contributed by atoms with Crippen molar-refractivity contribution in [3.63, 3.8) is 0 Å². The summed E-state index contributed by atoms with van der Waals surface area (Å²) in [6.45, 7) is 7.50. The first kappa shape index (κ1) is 12.7. The van der Waals surface area contributed by atoms with E-state index in [1.807, 2.05) is 6.92 Å². The van der Waals surface area contributed by atoms with E-state index in [1.165, 1.54) is 18.1 Å². The maximum Gasteiger partial charge on any atom is 0.328 e. The Morgan fingerprint density at radius 1 is 1.57 bits per heavy atom. The van der Waals surface area contributed by atoms with Crippen molar-refractivity contribution in [2.75, 3.05) is 13.7 Å². The standard InChI is InChI=1S/C10H17NO3/c1-5-7-11(9(12)6-2)8(3)10(13)14-4/h6,8H,2,5,7H2,1,3-4H3. The van der Waals surface area contributed by atoms with E-state index in [4.69, 9.17) is 0 Å². The molecule has 80 valence electrons. The van der Waals surface area contributed by atoms with E-state index < -0.39 is 12.0 Å². The van der Waals surface area contributed by atoms with Gasteiger partial charge < -0.3 is 9.64 Å². The van der Waals surface area contributed by atoms with E-state index in [2.05, 4.69) is 11.3 Å². The van der Waals surface area contributed by atoms with Crippen molar-refractivity contribution in [2.24, 2.45) is 0 Å². The number of carbonyl (C=O) groups excluding carboxylic acids is 2. The number of carbonyl (C=O) groups is 2. The minimum absolute atomic E-state index is 0.246. The zero-order valence-corrected chi connectivity index (χ0v) is 8.95. The topological polar surface area (TPSA) is 46.6 Å². The van der Waals surface area contributed by atoms with Crippen molar-refractivity contribution in [2.45, 2.75) is 26.3 Å². The van der Waals surface area contributed by atoms with E-state index in [-0.39, 0.29) is 5.91 Å². The molecule has 1 amide bonds. The van der Waals surface area contributed by atoms with Crippen LogP contribution in [0.3, 0.4) is 0 Å². The molecule has 0 fully saturated rings. The van der Waals surface area contributed by atoms with Crippen molar-refractivity contribution < 1.29 is 14.3 Å². The van der Waals surface area contributed by atoms with Gasteiger partial charge in [-0.3, -0.25) is 4.79 Å².